The maximum Gasteiger partial charge on any atom is 0.0489 e. The molecule has 0 heterocycles. The molecule has 3 N–H and O–H groups in total. The smallest absolute Gasteiger partial charge is 0.0489 e. The van der Waals surface area contributed by atoms with Gasteiger partial charge in [0.1, 0.15) is 0 Å². The molecule has 1 aromatic carbocycles. The molecule has 0 saturated heterocycles. The van der Waals surface area contributed by atoms with E-state index in [1.165, 1.54) is 35.0 Å². The van der Waals surface area contributed by atoms with Crippen LogP contribution in [-0.2, 0) is 0 Å². The summed E-state index contributed by atoms with van der Waals surface area (Å²) in [6.45, 7) is 2.11. The topological polar surface area (TPSA) is 38.0 Å². The predicted octanol–water partition coefficient (Wildman–Crippen LogP) is 3.44. The van der Waals surface area contributed by atoms with Gasteiger partial charge in [0.05, 0.1) is 0 Å². The molecule has 1 aliphatic rings. The second-order valence-corrected chi connectivity index (χ2v) is 5.50. The van der Waals surface area contributed by atoms with E-state index in [-0.39, 0.29) is 0 Å². The maximum absolute atomic E-state index is 6.00. The minimum atomic E-state index is 0.370. The largest absolute Gasteiger partial charge is 0.381 e. The third-order valence-corrected chi connectivity index (χ3v) is 4.32. The van der Waals surface area contributed by atoms with E-state index in [4.69, 9.17) is 5.73 Å². The zero-order valence-corrected chi connectivity index (χ0v) is 11.3. The molecule has 2 nitrogen and oxygen atoms in total. The lowest BCUT2D eigenvalue weighted by atomic mass is 9.91. The van der Waals surface area contributed by atoms with Gasteiger partial charge >= 0.3 is 0 Å². The van der Waals surface area contributed by atoms with Gasteiger partial charge in [-0.25, -0.2) is 0 Å². The van der Waals surface area contributed by atoms with Crippen molar-refractivity contribution in [2.75, 3.05) is 5.32 Å². The molecule has 2 atom stereocenters. The predicted molar refractivity (Wildman–Crippen MR) is 72.7 cm³/mol. The van der Waals surface area contributed by atoms with Gasteiger partial charge in [-0.1, -0.05) is 12.1 Å². The van der Waals surface area contributed by atoms with Crippen molar-refractivity contribution in [2.24, 2.45) is 5.73 Å². The highest BCUT2D eigenvalue weighted by atomic mass is 79.9. The molecule has 2 unspecified atom stereocenters. The third kappa shape index (κ3) is 2.77. The van der Waals surface area contributed by atoms with Gasteiger partial charge in [0.25, 0.3) is 0 Å². The Labute approximate surface area is 106 Å². The van der Waals surface area contributed by atoms with Crippen LogP contribution in [0.2, 0.25) is 0 Å². The van der Waals surface area contributed by atoms with Crippen LogP contribution in [0.1, 0.15) is 31.2 Å². The average Bonchev–Trinajstić information content (AvgIpc) is 2.25. The summed E-state index contributed by atoms with van der Waals surface area (Å²) in [6.07, 6.45) is 4.73. The van der Waals surface area contributed by atoms with E-state index in [1.54, 1.807) is 0 Å². The number of hydrogen-bond acceptors (Lipinski definition) is 2. The number of benzene rings is 1. The monoisotopic (exact) mass is 282 g/mol. The highest BCUT2D eigenvalue weighted by molar-refractivity contribution is 9.10. The fourth-order valence-electron chi connectivity index (χ4n) is 2.34. The first kappa shape index (κ1) is 11.9. The van der Waals surface area contributed by atoms with Crippen molar-refractivity contribution in [3.8, 4) is 0 Å². The van der Waals surface area contributed by atoms with Crippen molar-refractivity contribution in [1.82, 2.24) is 0 Å². The summed E-state index contributed by atoms with van der Waals surface area (Å²) in [6, 6.07) is 7.22. The molecular formula is C13H19BrN2. The molecule has 1 aromatic rings. The zero-order valence-electron chi connectivity index (χ0n) is 9.67. The Morgan fingerprint density at radius 3 is 2.94 bits per heavy atom. The highest BCUT2D eigenvalue weighted by Crippen LogP contribution is 2.28. The Kier molecular flexibility index (Phi) is 3.87. The number of hydrogen-bond donors (Lipinski definition) is 2. The summed E-state index contributed by atoms with van der Waals surface area (Å²) in [4.78, 5) is 0. The van der Waals surface area contributed by atoms with Gasteiger partial charge in [-0.2, -0.15) is 0 Å². The number of aryl methyl sites for hydroxylation is 1. The highest BCUT2D eigenvalue weighted by Gasteiger charge is 2.19. The van der Waals surface area contributed by atoms with Gasteiger partial charge in [-0.15, -0.1) is 0 Å². The molecule has 16 heavy (non-hydrogen) atoms. The van der Waals surface area contributed by atoms with Crippen molar-refractivity contribution in [1.29, 1.82) is 0 Å². The van der Waals surface area contributed by atoms with Crippen LogP contribution in [0.25, 0.3) is 0 Å². The summed E-state index contributed by atoms with van der Waals surface area (Å²) in [5, 5.41) is 3.59. The second-order valence-electron chi connectivity index (χ2n) is 4.70. The first-order valence-corrected chi connectivity index (χ1v) is 6.73. The van der Waals surface area contributed by atoms with E-state index in [1.807, 2.05) is 0 Å². The van der Waals surface area contributed by atoms with Crippen LogP contribution in [0.5, 0.6) is 0 Å². The fraction of sp³-hybridized carbons (Fsp3) is 0.538. The number of rotatable bonds is 2. The van der Waals surface area contributed by atoms with Gasteiger partial charge in [-0.05, 0) is 60.2 Å². The van der Waals surface area contributed by atoms with Gasteiger partial charge in [0, 0.05) is 22.2 Å². The summed E-state index contributed by atoms with van der Waals surface area (Å²) in [7, 11) is 0. The van der Waals surface area contributed by atoms with Crippen molar-refractivity contribution < 1.29 is 0 Å². The first-order valence-electron chi connectivity index (χ1n) is 5.94. The minimum absolute atomic E-state index is 0.370. The quantitative estimate of drug-likeness (QED) is 0.872. The lowest BCUT2D eigenvalue weighted by Gasteiger charge is -2.28. The summed E-state index contributed by atoms with van der Waals surface area (Å²) < 4.78 is 1.18. The number of nitrogens with two attached hydrogens (primary N) is 1. The number of anilines is 1. The van der Waals surface area contributed by atoms with Gasteiger partial charge in [0.2, 0.25) is 0 Å². The molecule has 0 amide bonds. The Bertz CT molecular complexity index is 365. The van der Waals surface area contributed by atoms with Crippen LogP contribution in [0.3, 0.4) is 0 Å². The molecular weight excluding hydrogens is 264 g/mol. The van der Waals surface area contributed by atoms with Crippen LogP contribution in [0.15, 0.2) is 22.7 Å². The Hall–Kier alpha value is -0.540. The first-order chi connectivity index (χ1) is 7.66. The van der Waals surface area contributed by atoms with Crippen molar-refractivity contribution in [2.45, 2.75) is 44.7 Å². The summed E-state index contributed by atoms with van der Waals surface area (Å²) in [5.41, 5.74) is 8.46. The van der Waals surface area contributed by atoms with Crippen LogP contribution in [0, 0.1) is 6.92 Å². The van der Waals surface area contributed by atoms with Crippen LogP contribution in [0.4, 0.5) is 5.69 Å². The van der Waals surface area contributed by atoms with Gasteiger partial charge in [-0.3, -0.25) is 0 Å². The van der Waals surface area contributed by atoms with Crippen molar-refractivity contribution in [3.63, 3.8) is 0 Å². The molecule has 3 heteroatoms. The van der Waals surface area contributed by atoms with Crippen molar-refractivity contribution in [3.05, 3.63) is 28.2 Å². The standard InChI is InChI=1S/C13H19BrN2/c1-9-4-2-7-12(13(9)14)16-11-6-3-5-10(15)8-11/h2,4,7,10-11,16H,3,5-6,8,15H2,1H3. The molecule has 0 spiro atoms. The fourth-order valence-corrected chi connectivity index (χ4v) is 2.72. The zero-order chi connectivity index (χ0) is 11.5. The SMILES string of the molecule is Cc1cccc(NC2CCCC(N)C2)c1Br. The third-order valence-electron chi connectivity index (χ3n) is 3.27. The van der Waals surface area contributed by atoms with E-state index in [0.717, 1.165) is 6.42 Å². The molecule has 0 aromatic heterocycles. The van der Waals surface area contributed by atoms with E-state index in [2.05, 4.69) is 46.4 Å². The van der Waals surface area contributed by atoms with E-state index in [0.29, 0.717) is 12.1 Å². The minimum Gasteiger partial charge on any atom is -0.381 e. The lowest BCUT2D eigenvalue weighted by Crippen LogP contribution is -2.34. The molecule has 88 valence electrons. The lowest BCUT2D eigenvalue weighted by molar-refractivity contribution is 0.409. The number of halogens is 1. The molecule has 0 aliphatic heterocycles. The van der Waals surface area contributed by atoms with Crippen LogP contribution >= 0.6 is 15.9 Å². The molecule has 1 fully saturated rings. The maximum atomic E-state index is 6.00. The van der Waals surface area contributed by atoms with Gasteiger partial charge in [0.15, 0.2) is 0 Å². The molecule has 2 rings (SSSR count). The number of nitrogens with one attached hydrogen (secondary N) is 1. The molecule has 0 radical (unpaired) electrons. The summed E-state index contributed by atoms with van der Waals surface area (Å²) in [5.74, 6) is 0. The summed E-state index contributed by atoms with van der Waals surface area (Å²) >= 11 is 3.63. The Balaban J connectivity index is 2.05. The van der Waals surface area contributed by atoms with Crippen LogP contribution in [-0.4, -0.2) is 12.1 Å². The van der Waals surface area contributed by atoms with E-state index >= 15 is 0 Å². The van der Waals surface area contributed by atoms with E-state index < -0.39 is 0 Å². The Morgan fingerprint density at radius 2 is 2.19 bits per heavy atom. The Morgan fingerprint density at radius 1 is 1.38 bits per heavy atom. The van der Waals surface area contributed by atoms with E-state index in [9.17, 15) is 0 Å². The molecule has 0 bridgehead atoms. The molecule has 1 aliphatic carbocycles. The average molecular weight is 283 g/mol. The normalized spacial score (nSPS) is 25.4. The van der Waals surface area contributed by atoms with Crippen molar-refractivity contribution >= 4 is 21.6 Å². The van der Waals surface area contributed by atoms with Crippen LogP contribution < -0.4 is 11.1 Å². The molecule has 1 saturated carbocycles. The van der Waals surface area contributed by atoms with Gasteiger partial charge < -0.3 is 11.1 Å². The second kappa shape index (κ2) is 5.19.